The number of ether oxygens (including phenoxy) is 6. The number of anilines is 1. The predicted molar refractivity (Wildman–Crippen MR) is 169 cm³/mol. The van der Waals surface area contributed by atoms with Gasteiger partial charge in [0.2, 0.25) is 5.75 Å². The molecule has 0 aliphatic carbocycles. The number of carbonyl (C=O) groups is 2. The highest BCUT2D eigenvalue weighted by Gasteiger charge is 2.26. The van der Waals surface area contributed by atoms with Gasteiger partial charge in [-0.05, 0) is 35.0 Å². The van der Waals surface area contributed by atoms with E-state index in [1.165, 1.54) is 29.8 Å². The number of hydrogen-bond donors (Lipinski definition) is 0. The van der Waals surface area contributed by atoms with Crippen LogP contribution in [-0.4, -0.2) is 83.6 Å². The van der Waals surface area contributed by atoms with Crippen molar-refractivity contribution in [2.24, 2.45) is 0 Å². The smallest absolute Gasteiger partial charge is 0.353 e. The van der Waals surface area contributed by atoms with Crippen LogP contribution in [0.2, 0.25) is 0 Å². The lowest BCUT2D eigenvalue weighted by Crippen LogP contribution is -2.50. The van der Waals surface area contributed by atoms with Gasteiger partial charge in [-0.3, -0.25) is 4.90 Å². The Labute approximate surface area is 264 Å². The quantitative estimate of drug-likeness (QED) is 0.138. The largest absolute Gasteiger partial charge is 0.493 e. The summed E-state index contributed by atoms with van der Waals surface area (Å²) < 4.78 is 34.1. The number of carbonyl (C=O) groups excluding carboxylic acids is 2. The molecule has 0 saturated carbocycles. The second-order valence-electron chi connectivity index (χ2n) is 9.80. The molecule has 12 heteroatoms. The van der Waals surface area contributed by atoms with Crippen molar-refractivity contribution in [3.05, 3.63) is 81.2 Å². The third-order valence-corrected chi connectivity index (χ3v) is 8.74. The maximum atomic E-state index is 12.9. The van der Waals surface area contributed by atoms with E-state index < -0.39 is 12.1 Å². The molecule has 0 N–H and O–H groups in total. The number of nitrogens with zero attached hydrogens (tertiary/aromatic N) is 2. The van der Waals surface area contributed by atoms with Crippen molar-refractivity contribution in [3.63, 3.8) is 0 Å². The summed E-state index contributed by atoms with van der Waals surface area (Å²) in [6.07, 6.45) is -0.547. The molecule has 1 saturated heterocycles. The Balaban J connectivity index is 1.24. The molecule has 10 nitrogen and oxygen atoms in total. The van der Waals surface area contributed by atoms with Gasteiger partial charge in [0.05, 0.1) is 27.0 Å². The second kappa shape index (κ2) is 15.0. The van der Waals surface area contributed by atoms with Crippen molar-refractivity contribution in [2.75, 3.05) is 65.6 Å². The summed E-state index contributed by atoms with van der Waals surface area (Å²) in [6, 6.07) is 18.1. The lowest BCUT2D eigenvalue weighted by molar-refractivity contribution is 0.00567. The van der Waals surface area contributed by atoms with Crippen molar-refractivity contribution in [2.45, 2.75) is 6.10 Å². The molecule has 1 aliphatic rings. The maximum Gasteiger partial charge on any atom is 0.353 e. The SMILES string of the molecule is COc1cc(OCC(CN2CCN(c3ccccc3OC(=O)c3cccs3)CC2)OC(=O)c2cccs2)cc(OC)c1OC. The van der Waals surface area contributed by atoms with Gasteiger partial charge in [-0.25, -0.2) is 9.59 Å². The minimum atomic E-state index is -0.547. The molecule has 232 valence electrons. The highest BCUT2D eigenvalue weighted by atomic mass is 32.1. The zero-order valence-corrected chi connectivity index (χ0v) is 26.4. The Morgan fingerprint density at radius 3 is 2.00 bits per heavy atom. The number of para-hydroxylation sites is 2. The molecule has 0 amide bonds. The third kappa shape index (κ3) is 7.62. The molecular weight excluding hydrogens is 604 g/mol. The van der Waals surface area contributed by atoms with Crippen LogP contribution in [0.3, 0.4) is 0 Å². The van der Waals surface area contributed by atoms with Gasteiger partial charge in [0.25, 0.3) is 0 Å². The van der Waals surface area contributed by atoms with E-state index in [0.717, 1.165) is 5.69 Å². The predicted octanol–water partition coefficient (Wildman–Crippen LogP) is 5.48. The summed E-state index contributed by atoms with van der Waals surface area (Å²) in [6.45, 7) is 3.43. The van der Waals surface area contributed by atoms with Crippen LogP contribution >= 0.6 is 22.7 Å². The van der Waals surface area contributed by atoms with E-state index in [0.29, 0.717) is 71.2 Å². The van der Waals surface area contributed by atoms with Crippen LogP contribution in [-0.2, 0) is 4.74 Å². The van der Waals surface area contributed by atoms with Gasteiger partial charge in [-0.1, -0.05) is 24.3 Å². The minimum absolute atomic E-state index is 0.122. The average molecular weight is 639 g/mol. The fraction of sp³-hybridized carbons (Fsp3) is 0.312. The van der Waals surface area contributed by atoms with Crippen molar-refractivity contribution in [3.8, 4) is 28.7 Å². The lowest BCUT2D eigenvalue weighted by Gasteiger charge is -2.37. The van der Waals surface area contributed by atoms with Gasteiger partial charge in [0.1, 0.15) is 28.2 Å². The fourth-order valence-electron chi connectivity index (χ4n) is 4.87. The van der Waals surface area contributed by atoms with Gasteiger partial charge in [-0.15, -0.1) is 22.7 Å². The van der Waals surface area contributed by atoms with Crippen LogP contribution < -0.4 is 28.6 Å². The van der Waals surface area contributed by atoms with E-state index in [1.807, 2.05) is 47.2 Å². The molecule has 2 aromatic heterocycles. The molecule has 2 aromatic carbocycles. The standard InChI is InChI=1S/C32H34N2O8S2/c1-37-26-18-22(19-27(38-2)30(26)39-3)40-21-23(41-31(35)28-10-6-16-43-28)20-33-12-14-34(15-13-33)24-8-4-5-9-25(24)42-32(36)29-11-7-17-44-29/h4-11,16-19,23H,12-15,20-21H2,1-3H3. The molecule has 1 fully saturated rings. The number of rotatable bonds is 13. The monoisotopic (exact) mass is 638 g/mol. The van der Waals surface area contributed by atoms with Gasteiger partial charge >= 0.3 is 11.9 Å². The first-order valence-electron chi connectivity index (χ1n) is 14.0. The Bertz CT molecular complexity index is 1490. The fourth-order valence-corrected chi connectivity index (χ4v) is 6.07. The Morgan fingerprint density at radius 1 is 0.773 bits per heavy atom. The van der Waals surface area contributed by atoms with Crippen molar-refractivity contribution < 1.29 is 38.0 Å². The second-order valence-corrected chi connectivity index (χ2v) is 11.7. The van der Waals surface area contributed by atoms with E-state index >= 15 is 0 Å². The van der Waals surface area contributed by atoms with Gasteiger partial charge in [0, 0.05) is 44.9 Å². The molecule has 1 atom stereocenters. The van der Waals surface area contributed by atoms with Crippen molar-refractivity contribution in [1.82, 2.24) is 4.90 Å². The van der Waals surface area contributed by atoms with Crippen molar-refractivity contribution >= 4 is 40.3 Å². The molecular formula is C32H34N2O8S2. The first kappa shape index (κ1) is 31.2. The van der Waals surface area contributed by atoms with E-state index in [-0.39, 0.29) is 12.6 Å². The molecule has 1 aliphatic heterocycles. The minimum Gasteiger partial charge on any atom is -0.493 e. The number of benzene rings is 2. The molecule has 1 unspecified atom stereocenters. The van der Waals surface area contributed by atoms with Crippen LogP contribution in [0.25, 0.3) is 0 Å². The van der Waals surface area contributed by atoms with Gasteiger partial charge in [-0.2, -0.15) is 0 Å². The van der Waals surface area contributed by atoms with E-state index in [4.69, 9.17) is 28.4 Å². The Morgan fingerprint density at radius 2 is 1.41 bits per heavy atom. The molecule has 5 rings (SSSR count). The van der Waals surface area contributed by atoms with Crippen LogP contribution in [0.1, 0.15) is 19.3 Å². The summed E-state index contributed by atoms with van der Waals surface area (Å²) in [5.74, 6) is 1.66. The first-order chi connectivity index (χ1) is 21.5. The number of piperazine rings is 1. The molecule has 0 radical (unpaired) electrons. The number of hydrogen-bond acceptors (Lipinski definition) is 12. The molecule has 44 heavy (non-hydrogen) atoms. The Hall–Kier alpha value is -4.26. The molecule has 3 heterocycles. The van der Waals surface area contributed by atoms with Crippen LogP contribution in [0, 0.1) is 0 Å². The van der Waals surface area contributed by atoms with E-state index in [1.54, 1.807) is 38.5 Å². The van der Waals surface area contributed by atoms with E-state index in [2.05, 4.69) is 9.80 Å². The summed E-state index contributed by atoms with van der Waals surface area (Å²) in [4.78, 5) is 31.0. The van der Waals surface area contributed by atoms with Gasteiger partial charge in [0.15, 0.2) is 17.2 Å². The number of thiophene rings is 2. The Kier molecular flexibility index (Phi) is 10.6. The van der Waals surface area contributed by atoms with Gasteiger partial charge < -0.3 is 33.3 Å². The van der Waals surface area contributed by atoms with Crippen LogP contribution in [0.4, 0.5) is 5.69 Å². The zero-order valence-electron chi connectivity index (χ0n) is 24.7. The van der Waals surface area contributed by atoms with Crippen LogP contribution in [0.15, 0.2) is 71.4 Å². The lowest BCUT2D eigenvalue weighted by atomic mass is 10.2. The highest BCUT2D eigenvalue weighted by molar-refractivity contribution is 7.12. The normalized spacial score (nSPS) is 14.0. The van der Waals surface area contributed by atoms with Crippen molar-refractivity contribution in [1.29, 1.82) is 0 Å². The summed E-state index contributed by atoms with van der Waals surface area (Å²) in [5.41, 5.74) is 0.864. The van der Waals surface area contributed by atoms with E-state index in [9.17, 15) is 9.59 Å². The number of methoxy groups -OCH3 is 3. The zero-order chi connectivity index (χ0) is 30.9. The molecule has 0 bridgehead atoms. The topological polar surface area (TPSA) is 96.0 Å². The summed E-state index contributed by atoms with van der Waals surface area (Å²) >= 11 is 2.68. The highest BCUT2D eigenvalue weighted by Crippen LogP contribution is 2.41. The molecule has 4 aromatic rings. The summed E-state index contributed by atoms with van der Waals surface area (Å²) in [7, 11) is 4.62. The van der Waals surface area contributed by atoms with Crippen LogP contribution in [0.5, 0.6) is 28.7 Å². The summed E-state index contributed by atoms with van der Waals surface area (Å²) in [5, 5.41) is 3.69. The first-order valence-corrected chi connectivity index (χ1v) is 15.7. The maximum absolute atomic E-state index is 12.9. The molecule has 0 spiro atoms. The number of esters is 2. The third-order valence-electron chi connectivity index (χ3n) is 7.04. The average Bonchev–Trinajstić information content (AvgIpc) is 3.79.